The van der Waals surface area contributed by atoms with Gasteiger partial charge < -0.3 is 0 Å². The van der Waals surface area contributed by atoms with Crippen molar-refractivity contribution in [3.63, 3.8) is 0 Å². The van der Waals surface area contributed by atoms with Crippen LogP contribution in [0.25, 0.3) is 0 Å². The molecular formula is C15H11BrClN5O2. The van der Waals surface area contributed by atoms with Crippen LogP contribution >= 0.6 is 27.5 Å². The summed E-state index contributed by atoms with van der Waals surface area (Å²) in [7, 11) is 0. The highest BCUT2D eigenvalue weighted by Gasteiger charge is 2.16. The van der Waals surface area contributed by atoms with Gasteiger partial charge in [-0.25, -0.2) is 4.68 Å². The molecule has 0 saturated heterocycles. The van der Waals surface area contributed by atoms with Gasteiger partial charge in [-0.1, -0.05) is 23.7 Å². The van der Waals surface area contributed by atoms with E-state index in [0.717, 1.165) is 11.3 Å². The van der Waals surface area contributed by atoms with Crippen LogP contribution in [0.4, 0.5) is 11.4 Å². The molecule has 122 valence electrons. The lowest BCUT2D eigenvalue weighted by Gasteiger charge is -2.25. The van der Waals surface area contributed by atoms with E-state index >= 15 is 0 Å². The van der Waals surface area contributed by atoms with Crippen LogP contribution in [-0.2, 0) is 6.54 Å². The topological polar surface area (TPSA) is 77.1 Å². The summed E-state index contributed by atoms with van der Waals surface area (Å²) in [5.41, 5.74) is 1.78. The zero-order valence-electron chi connectivity index (χ0n) is 12.2. The molecule has 0 unspecified atom stereocenters. The zero-order chi connectivity index (χ0) is 17.1. The van der Waals surface area contributed by atoms with Crippen LogP contribution in [0, 0.1) is 10.1 Å². The highest BCUT2D eigenvalue weighted by Crippen LogP contribution is 2.30. The lowest BCUT2D eigenvalue weighted by atomic mass is 10.2. The molecule has 0 bridgehead atoms. The highest BCUT2D eigenvalue weighted by molar-refractivity contribution is 9.10. The summed E-state index contributed by atoms with van der Waals surface area (Å²) in [6.45, 7) is 0.513. The van der Waals surface area contributed by atoms with Crippen LogP contribution in [0.1, 0.15) is 5.56 Å². The largest absolute Gasteiger partial charge is 0.283 e. The summed E-state index contributed by atoms with van der Waals surface area (Å²) in [6.07, 6.45) is 3.12. The molecule has 7 nitrogen and oxygen atoms in total. The van der Waals surface area contributed by atoms with Crippen LogP contribution in [0.2, 0.25) is 5.02 Å². The van der Waals surface area contributed by atoms with E-state index in [0.29, 0.717) is 16.0 Å². The number of nitro benzene ring substituents is 1. The Hall–Kier alpha value is -2.45. The lowest BCUT2D eigenvalue weighted by Crippen LogP contribution is -2.27. The van der Waals surface area contributed by atoms with Crippen LogP contribution in [0.15, 0.2) is 59.6 Å². The number of hydrogen-bond donors (Lipinski definition) is 0. The van der Waals surface area contributed by atoms with Gasteiger partial charge in [0, 0.05) is 11.1 Å². The SMILES string of the molecule is O=[N+]([O-])c1ccc(N(Cc2ccc(Cl)cc2)n2cnnc2)cc1Br. The van der Waals surface area contributed by atoms with E-state index < -0.39 is 4.92 Å². The Morgan fingerprint density at radius 1 is 1.17 bits per heavy atom. The van der Waals surface area contributed by atoms with Crippen molar-refractivity contribution in [1.29, 1.82) is 0 Å². The van der Waals surface area contributed by atoms with Gasteiger partial charge in [-0.3, -0.25) is 15.1 Å². The normalized spacial score (nSPS) is 10.6. The van der Waals surface area contributed by atoms with Crippen molar-refractivity contribution >= 4 is 38.9 Å². The van der Waals surface area contributed by atoms with Crippen molar-refractivity contribution < 1.29 is 4.92 Å². The van der Waals surface area contributed by atoms with Crippen molar-refractivity contribution in [1.82, 2.24) is 14.9 Å². The number of benzene rings is 2. The summed E-state index contributed by atoms with van der Waals surface area (Å²) in [4.78, 5) is 10.5. The molecule has 3 rings (SSSR count). The number of hydrogen-bond acceptors (Lipinski definition) is 5. The molecule has 1 aromatic heterocycles. The number of nitro groups is 1. The van der Waals surface area contributed by atoms with Gasteiger partial charge in [0.1, 0.15) is 12.7 Å². The van der Waals surface area contributed by atoms with E-state index in [-0.39, 0.29) is 5.69 Å². The Morgan fingerprint density at radius 3 is 2.42 bits per heavy atom. The Bertz CT molecular complexity index is 855. The number of nitrogens with zero attached hydrogens (tertiary/aromatic N) is 5. The third kappa shape index (κ3) is 3.55. The van der Waals surface area contributed by atoms with Gasteiger partial charge in [-0.2, -0.15) is 0 Å². The number of aromatic nitrogens is 3. The number of rotatable bonds is 5. The van der Waals surface area contributed by atoms with Gasteiger partial charge in [0.15, 0.2) is 0 Å². The molecule has 0 N–H and O–H groups in total. The predicted octanol–water partition coefficient (Wildman–Crippen LogP) is 4.07. The first kappa shape index (κ1) is 16.4. The molecule has 0 saturated carbocycles. The van der Waals surface area contributed by atoms with E-state index in [1.54, 1.807) is 29.5 Å². The average Bonchev–Trinajstić information content (AvgIpc) is 3.08. The maximum atomic E-state index is 11.0. The molecule has 0 aliphatic heterocycles. The van der Waals surface area contributed by atoms with Crippen LogP contribution in [-0.4, -0.2) is 19.8 Å². The second-order valence-corrected chi connectivity index (χ2v) is 6.21. The molecule has 0 aliphatic carbocycles. The minimum atomic E-state index is -0.434. The number of anilines is 1. The third-order valence-corrected chi connectivity index (χ3v) is 4.24. The van der Waals surface area contributed by atoms with Gasteiger partial charge in [-0.05, 0) is 45.8 Å². The van der Waals surface area contributed by atoms with Crippen LogP contribution in [0.5, 0.6) is 0 Å². The monoisotopic (exact) mass is 407 g/mol. The molecule has 2 aromatic carbocycles. The van der Waals surface area contributed by atoms with E-state index in [1.807, 2.05) is 29.3 Å². The number of halogens is 2. The maximum absolute atomic E-state index is 11.0. The molecule has 0 spiro atoms. The third-order valence-electron chi connectivity index (χ3n) is 3.36. The van der Waals surface area contributed by atoms with E-state index in [9.17, 15) is 10.1 Å². The van der Waals surface area contributed by atoms with Crippen molar-refractivity contribution in [2.75, 3.05) is 5.01 Å². The Balaban J connectivity index is 1.98. The standard InChI is InChI=1S/C15H11BrClN5O2/c16-14-7-13(5-6-15(14)22(23)24)21(20-9-18-19-10-20)8-11-1-3-12(17)4-2-11/h1-7,9-10H,8H2. The molecule has 0 atom stereocenters. The second kappa shape index (κ2) is 6.98. The molecule has 3 aromatic rings. The maximum Gasteiger partial charge on any atom is 0.283 e. The predicted molar refractivity (Wildman–Crippen MR) is 93.9 cm³/mol. The molecule has 1 heterocycles. The summed E-state index contributed by atoms with van der Waals surface area (Å²) in [5.74, 6) is 0. The Kier molecular flexibility index (Phi) is 4.77. The van der Waals surface area contributed by atoms with Gasteiger partial charge in [-0.15, -0.1) is 10.2 Å². The van der Waals surface area contributed by atoms with E-state index in [2.05, 4.69) is 26.1 Å². The van der Waals surface area contributed by atoms with E-state index in [4.69, 9.17) is 11.6 Å². The second-order valence-electron chi connectivity index (χ2n) is 4.92. The molecule has 24 heavy (non-hydrogen) atoms. The fourth-order valence-corrected chi connectivity index (χ4v) is 2.83. The van der Waals surface area contributed by atoms with Gasteiger partial charge in [0.05, 0.1) is 21.6 Å². The summed E-state index contributed by atoms with van der Waals surface area (Å²) in [6, 6.07) is 12.3. The zero-order valence-corrected chi connectivity index (χ0v) is 14.6. The van der Waals surface area contributed by atoms with E-state index in [1.165, 1.54) is 6.07 Å². The molecule has 9 heteroatoms. The smallest absolute Gasteiger partial charge is 0.274 e. The van der Waals surface area contributed by atoms with Crippen LogP contribution < -0.4 is 5.01 Å². The van der Waals surface area contributed by atoms with Crippen molar-refractivity contribution in [3.8, 4) is 0 Å². The lowest BCUT2D eigenvalue weighted by molar-refractivity contribution is -0.385. The van der Waals surface area contributed by atoms with Gasteiger partial charge in [0.25, 0.3) is 5.69 Å². The summed E-state index contributed by atoms with van der Waals surface area (Å²) in [5, 5.41) is 21.2. The van der Waals surface area contributed by atoms with Crippen molar-refractivity contribution in [3.05, 3.63) is 80.3 Å². The Morgan fingerprint density at radius 2 is 1.83 bits per heavy atom. The molecule has 0 aliphatic rings. The first-order valence-corrected chi connectivity index (χ1v) is 8.02. The van der Waals surface area contributed by atoms with Crippen molar-refractivity contribution in [2.24, 2.45) is 0 Å². The average molecular weight is 409 g/mol. The molecule has 0 amide bonds. The Labute approximate surface area is 150 Å². The van der Waals surface area contributed by atoms with Gasteiger partial charge in [0.2, 0.25) is 0 Å². The van der Waals surface area contributed by atoms with Gasteiger partial charge >= 0.3 is 0 Å². The molecular weight excluding hydrogens is 398 g/mol. The first-order valence-electron chi connectivity index (χ1n) is 6.85. The molecule has 0 fully saturated rings. The van der Waals surface area contributed by atoms with Crippen LogP contribution in [0.3, 0.4) is 0 Å². The minimum absolute atomic E-state index is 0.00829. The minimum Gasteiger partial charge on any atom is -0.274 e. The van der Waals surface area contributed by atoms with Crippen molar-refractivity contribution in [2.45, 2.75) is 6.54 Å². The highest BCUT2D eigenvalue weighted by atomic mass is 79.9. The molecule has 0 radical (unpaired) electrons. The summed E-state index contributed by atoms with van der Waals surface area (Å²) >= 11 is 9.17. The fraction of sp³-hybridized carbons (Fsp3) is 0.0667. The first-order chi connectivity index (χ1) is 11.5. The quantitative estimate of drug-likeness (QED) is 0.470. The summed E-state index contributed by atoms with van der Waals surface area (Å²) < 4.78 is 2.11. The fourth-order valence-electron chi connectivity index (χ4n) is 2.19.